The molecule has 0 spiro atoms. The number of carboxylic acids is 1. The van der Waals surface area contributed by atoms with Crippen molar-refractivity contribution in [3.8, 4) is 23.8 Å². The molecule has 19 heavy (non-hydrogen) atoms. The Bertz CT molecular complexity index is 586. The van der Waals surface area contributed by atoms with E-state index in [-0.39, 0.29) is 19.6 Å². The zero-order chi connectivity index (χ0) is 13.7. The number of aliphatic carboxylic acids is 1. The second-order valence-corrected chi connectivity index (χ2v) is 4.55. The number of carbonyl (C=O) groups is 1. The molecule has 0 bridgehead atoms. The molecule has 0 unspecified atom stereocenters. The van der Waals surface area contributed by atoms with Gasteiger partial charge in [0.2, 0.25) is 0 Å². The molecule has 0 aliphatic rings. The number of carboxylic acid groups (broad SMARTS) is 1. The molecule has 0 saturated heterocycles. The van der Waals surface area contributed by atoms with E-state index in [1.807, 2.05) is 16.8 Å². The third-order valence-corrected chi connectivity index (χ3v) is 2.96. The fourth-order valence-electron chi connectivity index (χ4n) is 1.51. The minimum atomic E-state index is -0.947. The Kier molecular flexibility index (Phi) is 4.28. The number of terminal acetylenes is 1. The third kappa shape index (κ3) is 3.64. The third-order valence-electron chi connectivity index (χ3n) is 2.28. The van der Waals surface area contributed by atoms with Gasteiger partial charge in [-0.3, -0.25) is 9.69 Å². The molecule has 0 amide bonds. The number of aromatic nitrogens is 2. The van der Waals surface area contributed by atoms with Gasteiger partial charge in [0.25, 0.3) is 5.89 Å². The maximum atomic E-state index is 10.7. The molecular formula is C12H11N3O3S. The standard InChI is InChI=1S/C12H11N3O3S/c1-2-4-15(7-11(16)17)6-10-13-12(18-14-10)9-3-5-19-8-9/h1,3,5,8H,4,6-7H2,(H,16,17). The van der Waals surface area contributed by atoms with Gasteiger partial charge in [-0.15, -0.1) is 6.42 Å². The van der Waals surface area contributed by atoms with Crippen LogP contribution >= 0.6 is 11.3 Å². The van der Waals surface area contributed by atoms with Crippen LogP contribution in [0.3, 0.4) is 0 Å². The van der Waals surface area contributed by atoms with Crippen LogP contribution in [0.5, 0.6) is 0 Å². The molecule has 6 nitrogen and oxygen atoms in total. The highest BCUT2D eigenvalue weighted by molar-refractivity contribution is 7.08. The summed E-state index contributed by atoms with van der Waals surface area (Å²) in [6.45, 7) is 0.297. The van der Waals surface area contributed by atoms with Crippen LogP contribution in [-0.2, 0) is 11.3 Å². The Balaban J connectivity index is 2.06. The predicted octanol–water partition coefficient (Wildman–Crippen LogP) is 1.32. The molecule has 0 radical (unpaired) electrons. The molecule has 2 aromatic heterocycles. The van der Waals surface area contributed by atoms with Crippen LogP contribution in [0.25, 0.3) is 11.5 Å². The maximum absolute atomic E-state index is 10.7. The van der Waals surface area contributed by atoms with Crippen LogP contribution < -0.4 is 0 Å². The van der Waals surface area contributed by atoms with E-state index in [4.69, 9.17) is 16.1 Å². The quantitative estimate of drug-likeness (QED) is 0.802. The molecule has 2 rings (SSSR count). The van der Waals surface area contributed by atoms with Gasteiger partial charge in [-0.2, -0.15) is 16.3 Å². The van der Waals surface area contributed by atoms with E-state index in [0.29, 0.717) is 11.7 Å². The molecule has 0 saturated carbocycles. The van der Waals surface area contributed by atoms with Crippen LogP contribution in [-0.4, -0.2) is 39.2 Å². The fraction of sp³-hybridized carbons (Fsp3) is 0.250. The topological polar surface area (TPSA) is 79.5 Å². The first-order valence-corrected chi connectivity index (χ1v) is 6.36. The van der Waals surface area contributed by atoms with Crippen LogP contribution in [0.4, 0.5) is 0 Å². The van der Waals surface area contributed by atoms with E-state index < -0.39 is 5.97 Å². The van der Waals surface area contributed by atoms with Crippen molar-refractivity contribution in [1.82, 2.24) is 15.0 Å². The summed E-state index contributed by atoms with van der Waals surface area (Å²) >= 11 is 1.53. The minimum Gasteiger partial charge on any atom is -0.480 e. The number of hydrogen-bond donors (Lipinski definition) is 1. The first-order valence-electron chi connectivity index (χ1n) is 5.42. The van der Waals surface area contributed by atoms with Gasteiger partial charge >= 0.3 is 5.97 Å². The molecule has 0 aliphatic heterocycles. The summed E-state index contributed by atoms with van der Waals surface area (Å²) in [6.07, 6.45) is 5.19. The highest BCUT2D eigenvalue weighted by Gasteiger charge is 2.14. The van der Waals surface area contributed by atoms with Crippen molar-refractivity contribution in [3.63, 3.8) is 0 Å². The molecule has 0 aliphatic carbocycles. The van der Waals surface area contributed by atoms with Gasteiger partial charge in [0.05, 0.1) is 25.2 Å². The number of hydrogen-bond acceptors (Lipinski definition) is 6. The lowest BCUT2D eigenvalue weighted by Gasteiger charge is -2.14. The van der Waals surface area contributed by atoms with E-state index >= 15 is 0 Å². The Morgan fingerprint density at radius 1 is 1.63 bits per heavy atom. The van der Waals surface area contributed by atoms with E-state index in [0.717, 1.165) is 5.56 Å². The molecule has 0 atom stereocenters. The van der Waals surface area contributed by atoms with E-state index in [1.54, 1.807) is 4.90 Å². The number of rotatable bonds is 6. The molecule has 2 heterocycles. The van der Waals surface area contributed by atoms with Crippen LogP contribution in [0.15, 0.2) is 21.3 Å². The highest BCUT2D eigenvalue weighted by Crippen LogP contribution is 2.20. The van der Waals surface area contributed by atoms with Crippen LogP contribution in [0.1, 0.15) is 5.82 Å². The smallest absolute Gasteiger partial charge is 0.317 e. The van der Waals surface area contributed by atoms with Gasteiger partial charge in [-0.25, -0.2) is 0 Å². The second kappa shape index (κ2) is 6.13. The van der Waals surface area contributed by atoms with Gasteiger partial charge in [0.1, 0.15) is 0 Å². The van der Waals surface area contributed by atoms with Gasteiger partial charge in [0.15, 0.2) is 5.82 Å². The summed E-state index contributed by atoms with van der Waals surface area (Å²) < 4.78 is 5.11. The van der Waals surface area contributed by atoms with Crippen molar-refractivity contribution >= 4 is 17.3 Å². The van der Waals surface area contributed by atoms with E-state index in [1.165, 1.54) is 11.3 Å². The normalized spacial score (nSPS) is 10.5. The molecule has 0 fully saturated rings. The zero-order valence-corrected chi connectivity index (χ0v) is 10.8. The lowest BCUT2D eigenvalue weighted by Crippen LogP contribution is -2.30. The Morgan fingerprint density at radius 2 is 2.47 bits per heavy atom. The van der Waals surface area contributed by atoms with Gasteiger partial charge in [0, 0.05) is 5.38 Å². The van der Waals surface area contributed by atoms with Crippen LogP contribution in [0.2, 0.25) is 0 Å². The Hall–Kier alpha value is -2.17. The van der Waals surface area contributed by atoms with Crippen molar-refractivity contribution in [2.45, 2.75) is 6.54 Å². The Morgan fingerprint density at radius 3 is 3.11 bits per heavy atom. The van der Waals surface area contributed by atoms with Crippen molar-refractivity contribution < 1.29 is 14.4 Å². The van der Waals surface area contributed by atoms with Gasteiger partial charge in [-0.05, 0) is 11.4 Å². The molecule has 1 N–H and O–H groups in total. The average Bonchev–Trinajstić information content (AvgIpc) is 2.97. The SMILES string of the molecule is C#CCN(CC(=O)O)Cc1noc(-c2ccsc2)n1. The molecule has 98 valence electrons. The molecule has 0 aromatic carbocycles. The summed E-state index contributed by atoms with van der Waals surface area (Å²) in [4.78, 5) is 16.4. The molecule has 2 aromatic rings. The summed E-state index contributed by atoms with van der Waals surface area (Å²) in [7, 11) is 0. The largest absolute Gasteiger partial charge is 0.480 e. The van der Waals surface area contributed by atoms with Crippen molar-refractivity contribution in [2.24, 2.45) is 0 Å². The average molecular weight is 277 g/mol. The van der Waals surface area contributed by atoms with Crippen molar-refractivity contribution in [1.29, 1.82) is 0 Å². The minimum absolute atomic E-state index is 0.160. The summed E-state index contributed by atoms with van der Waals surface area (Å²) in [5, 5.41) is 16.4. The monoisotopic (exact) mass is 277 g/mol. The van der Waals surface area contributed by atoms with Gasteiger partial charge in [-0.1, -0.05) is 11.1 Å². The van der Waals surface area contributed by atoms with Crippen molar-refractivity contribution in [2.75, 3.05) is 13.1 Å². The summed E-state index contributed by atoms with van der Waals surface area (Å²) in [5.41, 5.74) is 0.852. The van der Waals surface area contributed by atoms with Crippen LogP contribution in [0, 0.1) is 12.3 Å². The fourth-order valence-corrected chi connectivity index (χ4v) is 2.14. The molecular weight excluding hydrogens is 266 g/mol. The highest BCUT2D eigenvalue weighted by atomic mass is 32.1. The number of nitrogens with zero attached hydrogens (tertiary/aromatic N) is 3. The van der Waals surface area contributed by atoms with Gasteiger partial charge < -0.3 is 9.63 Å². The first-order chi connectivity index (χ1) is 9.19. The van der Waals surface area contributed by atoms with Crippen molar-refractivity contribution in [3.05, 3.63) is 22.7 Å². The lowest BCUT2D eigenvalue weighted by atomic mass is 10.3. The zero-order valence-electron chi connectivity index (χ0n) is 9.94. The van der Waals surface area contributed by atoms with E-state index in [2.05, 4.69) is 16.1 Å². The first kappa shape index (κ1) is 13.3. The maximum Gasteiger partial charge on any atom is 0.317 e. The lowest BCUT2D eigenvalue weighted by molar-refractivity contribution is -0.138. The Labute approximate surface area is 113 Å². The summed E-state index contributed by atoms with van der Waals surface area (Å²) in [5.74, 6) is 2.30. The summed E-state index contributed by atoms with van der Waals surface area (Å²) in [6, 6.07) is 1.87. The predicted molar refractivity (Wildman–Crippen MR) is 69.4 cm³/mol. The number of thiophene rings is 1. The molecule has 7 heteroatoms. The second-order valence-electron chi connectivity index (χ2n) is 3.77. The van der Waals surface area contributed by atoms with E-state index in [9.17, 15) is 4.79 Å².